The van der Waals surface area contributed by atoms with Gasteiger partial charge >= 0.3 is 21.1 Å². The quantitative estimate of drug-likeness (QED) is 0.109. The SMILES string of the molecule is Cn1cc([Si](C)(C)c2cn(C)c(-c3[c-]cc(F)c(C4CCCCC4)c3F)n2)nc1-c1[c-]cc(F)c(CC2CCCCC2)c1F.[Pt+2]. The number of benzene rings is 2. The van der Waals surface area contributed by atoms with E-state index in [1.807, 2.05) is 12.4 Å². The van der Waals surface area contributed by atoms with E-state index in [0.717, 1.165) is 68.4 Å². The Morgan fingerprint density at radius 3 is 1.78 bits per heavy atom. The average molecular weight is 816 g/mol. The van der Waals surface area contributed by atoms with Crippen molar-refractivity contribution in [1.29, 1.82) is 0 Å². The van der Waals surface area contributed by atoms with Crippen LogP contribution in [-0.2, 0) is 41.6 Å². The third kappa shape index (κ3) is 6.53. The zero-order valence-corrected chi connectivity index (χ0v) is 29.6. The molecule has 4 aromatic rings. The summed E-state index contributed by atoms with van der Waals surface area (Å²) in [5.41, 5.74) is 0.594. The van der Waals surface area contributed by atoms with Gasteiger partial charge in [0.1, 0.15) is 0 Å². The molecule has 0 radical (unpaired) electrons. The third-order valence-electron chi connectivity index (χ3n) is 9.88. The molecule has 2 fully saturated rings. The summed E-state index contributed by atoms with van der Waals surface area (Å²) in [5.74, 6) is -1.36. The predicted molar refractivity (Wildman–Crippen MR) is 168 cm³/mol. The van der Waals surface area contributed by atoms with Crippen LogP contribution < -0.4 is 10.6 Å². The molecule has 2 heterocycles. The van der Waals surface area contributed by atoms with Gasteiger partial charge in [-0.3, -0.25) is 27.5 Å². The fourth-order valence-corrected chi connectivity index (χ4v) is 9.21. The van der Waals surface area contributed by atoms with Crippen LogP contribution in [0.15, 0.2) is 24.5 Å². The molecule has 10 heteroatoms. The van der Waals surface area contributed by atoms with E-state index in [-0.39, 0.29) is 55.2 Å². The van der Waals surface area contributed by atoms with Gasteiger partial charge in [-0.1, -0.05) is 86.7 Å². The molecule has 4 nitrogen and oxygen atoms in total. The molecule has 0 amide bonds. The number of hydrogen-bond acceptors (Lipinski definition) is 2. The average Bonchev–Trinajstić information content (AvgIpc) is 3.60. The Hall–Kier alpha value is -2.51. The molecular formula is C35H40F4N4PtSi. The Bertz CT molecular complexity index is 1670. The topological polar surface area (TPSA) is 35.6 Å². The monoisotopic (exact) mass is 815 g/mol. The Kier molecular flexibility index (Phi) is 10.3. The van der Waals surface area contributed by atoms with Crippen molar-refractivity contribution in [3.63, 3.8) is 0 Å². The van der Waals surface area contributed by atoms with Gasteiger partial charge in [0.25, 0.3) is 0 Å². The van der Waals surface area contributed by atoms with Crippen molar-refractivity contribution in [1.82, 2.24) is 19.1 Å². The molecule has 242 valence electrons. The van der Waals surface area contributed by atoms with Crippen molar-refractivity contribution >= 4 is 18.7 Å². The van der Waals surface area contributed by atoms with Crippen LogP contribution in [0, 0.1) is 41.3 Å². The van der Waals surface area contributed by atoms with E-state index in [0.29, 0.717) is 18.1 Å². The molecule has 0 unspecified atom stereocenters. The fourth-order valence-electron chi connectivity index (χ4n) is 7.15. The summed E-state index contributed by atoms with van der Waals surface area (Å²) in [4.78, 5) is 9.75. The molecule has 45 heavy (non-hydrogen) atoms. The van der Waals surface area contributed by atoms with Crippen molar-refractivity contribution in [3.8, 4) is 22.8 Å². The molecule has 2 aliphatic rings. The molecule has 2 aromatic heterocycles. The summed E-state index contributed by atoms with van der Waals surface area (Å²) in [6.45, 7) is 4.17. The van der Waals surface area contributed by atoms with E-state index in [1.54, 1.807) is 23.2 Å². The first-order chi connectivity index (χ1) is 21.1. The van der Waals surface area contributed by atoms with Crippen LogP contribution in [0.3, 0.4) is 0 Å². The zero-order chi connectivity index (χ0) is 31.2. The number of imidazole rings is 2. The van der Waals surface area contributed by atoms with Gasteiger partial charge in [-0.2, -0.15) is 0 Å². The van der Waals surface area contributed by atoms with Crippen molar-refractivity contribution < 1.29 is 38.6 Å². The maximum absolute atomic E-state index is 15.9. The molecule has 0 atom stereocenters. The number of nitrogens with zero attached hydrogens (tertiary/aromatic N) is 4. The van der Waals surface area contributed by atoms with Gasteiger partial charge in [-0.05, 0) is 31.1 Å². The molecule has 2 aliphatic carbocycles. The second kappa shape index (κ2) is 13.7. The Balaban J connectivity index is 0.00000400. The Morgan fingerprint density at radius 2 is 1.22 bits per heavy atom. The van der Waals surface area contributed by atoms with E-state index in [4.69, 9.17) is 9.97 Å². The van der Waals surface area contributed by atoms with Crippen molar-refractivity contribution in [2.75, 3.05) is 0 Å². The molecule has 2 saturated carbocycles. The largest absolute Gasteiger partial charge is 2.00 e. The van der Waals surface area contributed by atoms with E-state index in [9.17, 15) is 8.78 Å². The standard InChI is InChI=1S/C35H40F4N4Si.Pt/c1-42-20-29(40-34(42)24-15-17-27(36)26(32(24)38)19-22-11-7-5-8-12-22)44(3,4)30-21-43(2)35(41-30)25-16-18-28(37)31(33(25)39)23-13-9-6-10-14-23;/h17-18,20-23H,5-14,19H2,1-4H3;/q-2;+2. The van der Waals surface area contributed by atoms with E-state index in [1.165, 1.54) is 18.6 Å². The molecule has 6 rings (SSSR count). The minimum atomic E-state index is -2.58. The van der Waals surface area contributed by atoms with Gasteiger partial charge in [0.15, 0.2) is 8.07 Å². The summed E-state index contributed by atoms with van der Waals surface area (Å²) in [6, 6.07) is 8.09. The van der Waals surface area contributed by atoms with Gasteiger partial charge < -0.3 is 9.13 Å². The first-order valence-corrected chi connectivity index (χ1v) is 18.9. The van der Waals surface area contributed by atoms with Crippen LogP contribution in [0.1, 0.15) is 81.3 Å². The van der Waals surface area contributed by atoms with Crippen LogP contribution >= 0.6 is 0 Å². The van der Waals surface area contributed by atoms with Crippen LogP contribution in [-0.4, -0.2) is 27.2 Å². The van der Waals surface area contributed by atoms with E-state index < -0.39 is 31.3 Å². The maximum atomic E-state index is 15.9. The molecule has 0 saturated heterocycles. The van der Waals surface area contributed by atoms with E-state index in [2.05, 4.69) is 25.2 Å². The number of aromatic nitrogens is 4. The van der Waals surface area contributed by atoms with Gasteiger partial charge in [-0.15, -0.1) is 24.3 Å². The van der Waals surface area contributed by atoms with Crippen molar-refractivity contribution in [2.45, 2.75) is 89.6 Å². The van der Waals surface area contributed by atoms with Gasteiger partial charge in [-0.25, -0.2) is 0 Å². The number of aryl methyl sites for hydroxylation is 2. The molecule has 0 spiro atoms. The van der Waals surface area contributed by atoms with Crippen LogP contribution in [0.25, 0.3) is 22.8 Å². The summed E-state index contributed by atoms with van der Waals surface area (Å²) >= 11 is 0. The normalized spacial score (nSPS) is 16.6. The van der Waals surface area contributed by atoms with Crippen LogP contribution in [0.2, 0.25) is 13.1 Å². The molecule has 0 N–H and O–H groups in total. The van der Waals surface area contributed by atoms with Crippen LogP contribution in [0.4, 0.5) is 17.6 Å². The second-order valence-electron chi connectivity index (χ2n) is 13.3. The fraction of sp³-hybridized carbons (Fsp3) is 0.486. The Labute approximate surface area is 279 Å². The minimum absolute atomic E-state index is 0. The summed E-state index contributed by atoms with van der Waals surface area (Å²) in [5, 5.41) is 1.52. The molecule has 0 bridgehead atoms. The Morgan fingerprint density at radius 1 is 0.733 bits per heavy atom. The second-order valence-corrected chi connectivity index (χ2v) is 17.6. The number of halogens is 4. The van der Waals surface area contributed by atoms with Crippen molar-refractivity contribution in [3.05, 3.63) is 71.1 Å². The third-order valence-corrected chi connectivity index (χ3v) is 12.9. The maximum Gasteiger partial charge on any atom is 2.00 e. The minimum Gasteiger partial charge on any atom is -0.373 e. The predicted octanol–water partition coefficient (Wildman–Crippen LogP) is 7.63. The first-order valence-electron chi connectivity index (χ1n) is 15.9. The summed E-state index contributed by atoms with van der Waals surface area (Å²) in [6.07, 6.45) is 14.1. The van der Waals surface area contributed by atoms with E-state index >= 15 is 8.78 Å². The van der Waals surface area contributed by atoms with Gasteiger partial charge in [0.05, 0.1) is 11.6 Å². The molecule has 2 aromatic carbocycles. The van der Waals surface area contributed by atoms with Gasteiger partial charge in [0, 0.05) is 60.4 Å². The first kappa shape index (κ1) is 33.8. The molecule has 0 aliphatic heterocycles. The van der Waals surface area contributed by atoms with Crippen molar-refractivity contribution in [2.24, 2.45) is 20.0 Å². The summed E-state index contributed by atoms with van der Waals surface area (Å²) in [7, 11) is 1.02. The number of rotatable bonds is 7. The zero-order valence-electron chi connectivity index (χ0n) is 26.4. The van der Waals surface area contributed by atoms with Crippen LogP contribution in [0.5, 0.6) is 0 Å². The number of hydrogen-bond donors (Lipinski definition) is 0. The summed E-state index contributed by atoms with van der Waals surface area (Å²) < 4.78 is 65.0. The molecular weight excluding hydrogens is 776 g/mol. The van der Waals surface area contributed by atoms with Gasteiger partial charge in [0.2, 0.25) is 0 Å². The smallest absolute Gasteiger partial charge is 0.373 e.